The van der Waals surface area contributed by atoms with E-state index in [-0.39, 0.29) is 23.4 Å². The van der Waals surface area contributed by atoms with E-state index < -0.39 is 0 Å². The van der Waals surface area contributed by atoms with E-state index in [1.807, 2.05) is 39.0 Å². The number of rotatable bonds is 2. The summed E-state index contributed by atoms with van der Waals surface area (Å²) in [4.78, 5) is 17.1. The highest BCUT2D eigenvalue weighted by atomic mass is 79.9. The number of nitrogens with zero attached hydrogens (tertiary/aromatic N) is 2. The first-order valence-electron chi connectivity index (χ1n) is 6.25. The SMILES string of the molecule is CC(C)(C)c1nc2ccc(Br)cc2n(CCN)c1=O.Cl. The monoisotopic (exact) mass is 359 g/mol. The second-order valence-electron chi connectivity index (χ2n) is 5.59. The molecule has 0 unspecified atom stereocenters. The van der Waals surface area contributed by atoms with Crippen LogP contribution in [0.2, 0.25) is 0 Å². The van der Waals surface area contributed by atoms with E-state index in [0.29, 0.717) is 18.8 Å². The number of fused-ring (bicyclic) bond motifs is 1. The van der Waals surface area contributed by atoms with Gasteiger partial charge in [-0.15, -0.1) is 12.4 Å². The Morgan fingerprint density at radius 3 is 2.55 bits per heavy atom. The van der Waals surface area contributed by atoms with E-state index in [9.17, 15) is 4.79 Å². The number of halogens is 2. The van der Waals surface area contributed by atoms with Gasteiger partial charge in [-0.2, -0.15) is 0 Å². The first-order chi connectivity index (χ1) is 8.84. The fraction of sp³-hybridized carbons (Fsp3) is 0.429. The summed E-state index contributed by atoms with van der Waals surface area (Å²) in [7, 11) is 0. The fourth-order valence-corrected chi connectivity index (χ4v) is 2.40. The van der Waals surface area contributed by atoms with Crippen LogP contribution in [-0.2, 0) is 12.0 Å². The molecule has 4 nitrogen and oxygen atoms in total. The van der Waals surface area contributed by atoms with Gasteiger partial charge in [-0.25, -0.2) is 4.98 Å². The molecule has 0 aliphatic heterocycles. The van der Waals surface area contributed by atoms with Gasteiger partial charge in [0, 0.05) is 23.0 Å². The minimum absolute atomic E-state index is 0. The molecule has 1 aromatic heterocycles. The largest absolute Gasteiger partial charge is 0.329 e. The van der Waals surface area contributed by atoms with Crippen molar-refractivity contribution in [1.29, 1.82) is 0 Å². The van der Waals surface area contributed by atoms with Crippen LogP contribution in [0.5, 0.6) is 0 Å². The van der Waals surface area contributed by atoms with Crippen LogP contribution in [0.1, 0.15) is 26.5 Å². The lowest BCUT2D eigenvalue weighted by molar-refractivity contribution is 0.547. The molecule has 110 valence electrons. The van der Waals surface area contributed by atoms with E-state index in [1.54, 1.807) is 4.57 Å². The summed E-state index contributed by atoms with van der Waals surface area (Å²) in [6.07, 6.45) is 0. The lowest BCUT2D eigenvalue weighted by Crippen LogP contribution is -2.34. The summed E-state index contributed by atoms with van der Waals surface area (Å²) in [5.74, 6) is 0. The Labute approximate surface area is 132 Å². The maximum absolute atomic E-state index is 12.6. The van der Waals surface area contributed by atoms with Crippen LogP contribution in [0.15, 0.2) is 27.5 Å². The zero-order valence-corrected chi connectivity index (χ0v) is 14.2. The van der Waals surface area contributed by atoms with Crippen molar-refractivity contribution in [3.63, 3.8) is 0 Å². The Bertz CT molecular complexity index is 676. The van der Waals surface area contributed by atoms with Gasteiger partial charge < -0.3 is 10.3 Å². The van der Waals surface area contributed by atoms with Crippen molar-refractivity contribution < 1.29 is 0 Å². The standard InChI is InChI=1S/C14H18BrN3O.ClH/c1-14(2,3)12-13(19)18(7-6-16)11-8-9(15)4-5-10(11)17-12;/h4-5,8H,6-7,16H2,1-3H3;1H. The van der Waals surface area contributed by atoms with Crippen molar-refractivity contribution in [2.45, 2.75) is 32.7 Å². The van der Waals surface area contributed by atoms with Gasteiger partial charge in [0.05, 0.1) is 11.0 Å². The van der Waals surface area contributed by atoms with Gasteiger partial charge in [-0.3, -0.25) is 4.79 Å². The van der Waals surface area contributed by atoms with Gasteiger partial charge >= 0.3 is 0 Å². The summed E-state index contributed by atoms with van der Waals surface area (Å²) in [6, 6.07) is 5.76. The van der Waals surface area contributed by atoms with Crippen LogP contribution >= 0.6 is 28.3 Å². The van der Waals surface area contributed by atoms with Gasteiger partial charge in [0.15, 0.2) is 0 Å². The average molecular weight is 361 g/mol. The third-order valence-corrected chi connectivity index (χ3v) is 3.46. The van der Waals surface area contributed by atoms with E-state index in [2.05, 4.69) is 20.9 Å². The van der Waals surface area contributed by atoms with Crippen molar-refractivity contribution in [3.05, 3.63) is 38.7 Å². The van der Waals surface area contributed by atoms with Gasteiger partial charge in [0.2, 0.25) is 0 Å². The van der Waals surface area contributed by atoms with Crippen molar-refractivity contribution in [3.8, 4) is 0 Å². The highest BCUT2D eigenvalue weighted by Gasteiger charge is 2.22. The highest BCUT2D eigenvalue weighted by molar-refractivity contribution is 9.10. The maximum atomic E-state index is 12.6. The van der Waals surface area contributed by atoms with Crippen LogP contribution in [-0.4, -0.2) is 16.1 Å². The smallest absolute Gasteiger partial charge is 0.273 e. The third kappa shape index (κ3) is 3.22. The summed E-state index contributed by atoms with van der Waals surface area (Å²) < 4.78 is 2.64. The number of benzene rings is 1. The van der Waals surface area contributed by atoms with Gasteiger partial charge in [0.1, 0.15) is 5.69 Å². The lowest BCUT2D eigenvalue weighted by Gasteiger charge is -2.20. The zero-order valence-electron chi connectivity index (χ0n) is 11.8. The minimum Gasteiger partial charge on any atom is -0.329 e. The van der Waals surface area contributed by atoms with Crippen LogP contribution in [0.25, 0.3) is 11.0 Å². The molecule has 0 fully saturated rings. The zero-order chi connectivity index (χ0) is 14.2. The Hall–Kier alpha value is -0.910. The van der Waals surface area contributed by atoms with E-state index >= 15 is 0 Å². The summed E-state index contributed by atoms with van der Waals surface area (Å²) >= 11 is 3.43. The Kier molecular flexibility index (Phi) is 5.35. The van der Waals surface area contributed by atoms with Crippen molar-refractivity contribution in [2.75, 3.05) is 6.54 Å². The van der Waals surface area contributed by atoms with Crippen LogP contribution in [0.3, 0.4) is 0 Å². The molecule has 0 bridgehead atoms. The first kappa shape index (κ1) is 17.1. The molecule has 1 aromatic carbocycles. The number of aromatic nitrogens is 2. The average Bonchev–Trinajstić information content (AvgIpc) is 2.31. The molecule has 0 atom stereocenters. The summed E-state index contributed by atoms with van der Waals surface area (Å²) in [6.45, 7) is 6.91. The molecular weight excluding hydrogens is 342 g/mol. The molecule has 0 amide bonds. The summed E-state index contributed by atoms with van der Waals surface area (Å²) in [5.41, 5.74) is 7.51. The maximum Gasteiger partial charge on any atom is 0.273 e. The van der Waals surface area contributed by atoms with Crippen LogP contribution < -0.4 is 11.3 Å². The van der Waals surface area contributed by atoms with Gasteiger partial charge in [-0.05, 0) is 18.2 Å². The molecule has 0 spiro atoms. The fourth-order valence-electron chi connectivity index (χ4n) is 2.05. The number of nitrogens with two attached hydrogens (primary N) is 1. The predicted octanol–water partition coefficient (Wildman–Crippen LogP) is 2.84. The molecular formula is C14H19BrClN3O. The Morgan fingerprint density at radius 1 is 1.35 bits per heavy atom. The van der Waals surface area contributed by atoms with Crippen LogP contribution in [0, 0.1) is 0 Å². The molecule has 6 heteroatoms. The Balaban J connectivity index is 0.00000200. The molecule has 0 aliphatic rings. The quantitative estimate of drug-likeness (QED) is 0.896. The number of hydrogen-bond donors (Lipinski definition) is 1. The van der Waals surface area contributed by atoms with E-state index in [1.165, 1.54) is 0 Å². The lowest BCUT2D eigenvalue weighted by atomic mass is 9.92. The minimum atomic E-state index is -0.283. The highest BCUT2D eigenvalue weighted by Crippen LogP contribution is 2.22. The predicted molar refractivity (Wildman–Crippen MR) is 88.7 cm³/mol. The van der Waals surface area contributed by atoms with Crippen molar-refractivity contribution >= 4 is 39.4 Å². The van der Waals surface area contributed by atoms with Crippen LogP contribution in [0.4, 0.5) is 0 Å². The molecule has 0 radical (unpaired) electrons. The van der Waals surface area contributed by atoms with E-state index in [4.69, 9.17) is 5.73 Å². The van der Waals surface area contributed by atoms with Gasteiger partial charge in [-0.1, -0.05) is 36.7 Å². The Morgan fingerprint density at radius 2 is 2.00 bits per heavy atom. The van der Waals surface area contributed by atoms with E-state index in [0.717, 1.165) is 15.5 Å². The molecule has 0 saturated carbocycles. The molecule has 0 saturated heterocycles. The summed E-state index contributed by atoms with van der Waals surface area (Å²) in [5, 5.41) is 0. The second-order valence-corrected chi connectivity index (χ2v) is 6.50. The van der Waals surface area contributed by atoms with Crippen molar-refractivity contribution in [2.24, 2.45) is 5.73 Å². The second kappa shape index (κ2) is 6.24. The normalized spacial score (nSPS) is 11.4. The first-order valence-corrected chi connectivity index (χ1v) is 7.04. The topological polar surface area (TPSA) is 60.9 Å². The molecule has 0 aliphatic carbocycles. The molecule has 20 heavy (non-hydrogen) atoms. The molecule has 2 rings (SSSR count). The number of hydrogen-bond acceptors (Lipinski definition) is 3. The van der Waals surface area contributed by atoms with Gasteiger partial charge in [0.25, 0.3) is 5.56 Å². The third-order valence-electron chi connectivity index (χ3n) is 2.97. The molecule has 2 N–H and O–H groups in total. The van der Waals surface area contributed by atoms with Crippen molar-refractivity contribution in [1.82, 2.24) is 9.55 Å². The molecule has 1 heterocycles. The molecule has 2 aromatic rings.